The largest absolute Gasteiger partial charge is 0.399 e. The van der Waals surface area contributed by atoms with E-state index in [1.165, 1.54) is 18.2 Å². The topological polar surface area (TPSA) is 73.6 Å². The minimum absolute atomic E-state index is 0. The van der Waals surface area contributed by atoms with Crippen LogP contribution in [0.4, 0.5) is 10.1 Å². The Balaban J connectivity index is 0.00000338. The molecule has 0 unspecified atom stereocenters. The van der Waals surface area contributed by atoms with Gasteiger partial charge in [0.15, 0.2) is 0 Å². The van der Waals surface area contributed by atoms with Crippen molar-refractivity contribution in [2.75, 3.05) is 32.6 Å². The van der Waals surface area contributed by atoms with Gasteiger partial charge in [0, 0.05) is 30.5 Å². The van der Waals surface area contributed by atoms with Crippen molar-refractivity contribution in [1.29, 1.82) is 0 Å². The standard InChI is InChI=1S/C19H23FN2O3.ClH/c1-24-10-11-25-13-16-12-15(4-7-18(16)20)19(23)22-9-8-14-2-5-17(21)6-3-14;/h2-7,12H,8-11,13,21H2,1H3,(H,22,23);1H. The monoisotopic (exact) mass is 382 g/mol. The van der Waals surface area contributed by atoms with E-state index in [4.69, 9.17) is 15.2 Å². The summed E-state index contributed by atoms with van der Waals surface area (Å²) in [4.78, 5) is 12.2. The van der Waals surface area contributed by atoms with E-state index in [0.717, 1.165) is 5.56 Å². The molecule has 5 nitrogen and oxygen atoms in total. The van der Waals surface area contributed by atoms with E-state index in [0.29, 0.717) is 43.0 Å². The van der Waals surface area contributed by atoms with E-state index in [9.17, 15) is 9.18 Å². The van der Waals surface area contributed by atoms with Gasteiger partial charge in [-0.15, -0.1) is 12.4 Å². The minimum Gasteiger partial charge on any atom is -0.399 e. The number of methoxy groups -OCH3 is 1. The van der Waals surface area contributed by atoms with Crippen molar-refractivity contribution < 1.29 is 18.7 Å². The lowest BCUT2D eigenvalue weighted by atomic mass is 10.1. The van der Waals surface area contributed by atoms with Crippen molar-refractivity contribution in [1.82, 2.24) is 5.32 Å². The second kappa shape index (κ2) is 11.5. The molecule has 0 fully saturated rings. The van der Waals surface area contributed by atoms with Gasteiger partial charge in [-0.3, -0.25) is 4.79 Å². The predicted octanol–water partition coefficient (Wildman–Crippen LogP) is 2.97. The molecule has 142 valence electrons. The van der Waals surface area contributed by atoms with Crippen LogP contribution in [0.25, 0.3) is 0 Å². The molecule has 1 amide bonds. The molecule has 0 aliphatic carbocycles. The molecule has 2 aromatic rings. The second-order valence-corrected chi connectivity index (χ2v) is 5.60. The fraction of sp³-hybridized carbons (Fsp3) is 0.316. The van der Waals surface area contributed by atoms with Crippen LogP contribution in [0.2, 0.25) is 0 Å². The van der Waals surface area contributed by atoms with Crippen molar-refractivity contribution in [2.45, 2.75) is 13.0 Å². The molecular weight excluding hydrogens is 359 g/mol. The number of anilines is 1. The first kappa shape index (κ1) is 21.9. The molecule has 0 spiro atoms. The predicted molar refractivity (Wildman–Crippen MR) is 102 cm³/mol. The van der Waals surface area contributed by atoms with Gasteiger partial charge in [-0.2, -0.15) is 0 Å². The maximum absolute atomic E-state index is 13.8. The molecule has 26 heavy (non-hydrogen) atoms. The number of nitrogens with two attached hydrogens (primary N) is 1. The molecule has 0 aliphatic heterocycles. The fourth-order valence-corrected chi connectivity index (χ4v) is 2.26. The highest BCUT2D eigenvalue weighted by Crippen LogP contribution is 2.12. The lowest BCUT2D eigenvalue weighted by molar-refractivity contribution is 0.0604. The van der Waals surface area contributed by atoms with Crippen molar-refractivity contribution in [3.05, 3.63) is 65.0 Å². The van der Waals surface area contributed by atoms with Gasteiger partial charge >= 0.3 is 0 Å². The molecule has 0 aliphatic rings. The molecule has 3 N–H and O–H groups in total. The molecule has 0 heterocycles. The number of hydrogen-bond acceptors (Lipinski definition) is 4. The highest BCUT2D eigenvalue weighted by Gasteiger charge is 2.10. The Morgan fingerprint density at radius 3 is 2.58 bits per heavy atom. The van der Waals surface area contributed by atoms with Crippen LogP contribution in [-0.4, -0.2) is 32.8 Å². The van der Waals surface area contributed by atoms with Crippen molar-refractivity contribution in [2.24, 2.45) is 0 Å². The average molecular weight is 383 g/mol. The van der Waals surface area contributed by atoms with Crippen LogP contribution in [0.5, 0.6) is 0 Å². The Morgan fingerprint density at radius 1 is 1.15 bits per heavy atom. The van der Waals surface area contributed by atoms with Crippen LogP contribution in [0, 0.1) is 5.82 Å². The van der Waals surface area contributed by atoms with Crippen LogP contribution < -0.4 is 11.1 Å². The lowest BCUT2D eigenvalue weighted by Crippen LogP contribution is -2.25. The van der Waals surface area contributed by atoms with Crippen LogP contribution in [0.3, 0.4) is 0 Å². The van der Waals surface area contributed by atoms with Gasteiger partial charge < -0.3 is 20.5 Å². The molecule has 0 atom stereocenters. The normalized spacial score (nSPS) is 10.2. The van der Waals surface area contributed by atoms with E-state index in [1.54, 1.807) is 7.11 Å². The number of nitrogen functional groups attached to an aromatic ring is 1. The van der Waals surface area contributed by atoms with E-state index >= 15 is 0 Å². The molecule has 0 aromatic heterocycles. The fourth-order valence-electron chi connectivity index (χ4n) is 2.26. The zero-order valence-electron chi connectivity index (χ0n) is 14.7. The molecule has 0 radical (unpaired) electrons. The van der Waals surface area contributed by atoms with E-state index in [-0.39, 0.29) is 24.9 Å². The zero-order valence-corrected chi connectivity index (χ0v) is 15.5. The van der Waals surface area contributed by atoms with Gasteiger partial charge in [-0.25, -0.2) is 4.39 Å². The Labute approximate surface area is 159 Å². The Bertz CT molecular complexity index is 696. The van der Waals surface area contributed by atoms with Crippen molar-refractivity contribution in [3.63, 3.8) is 0 Å². The smallest absolute Gasteiger partial charge is 0.251 e. The first-order valence-electron chi connectivity index (χ1n) is 8.08. The summed E-state index contributed by atoms with van der Waals surface area (Å²) in [6.45, 7) is 1.39. The number of carbonyl (C=O) groups excluding carboxylic acids is 1. The summed E-state index contributed by atoms with van der Waals surface area (Å²) in [5.74, 6) is -0.635. The maximum atomic E-state index is 13.8. The number of benzene rings is 2. The summed E-state index contributed by atoms with van der Waals surface area (Å²) in [6, 6.07) is 11.8. The van der Waals surface area contributed by atoms with Gasteiger partial charge in [-0.1, -0.05) is 12.1 Å². The maximum Gasteiger partial charge on any atom is 0.251 e. The van der Waals surface area contributed by atoms with E-state index < -0.39 is 5.82 Å². The quantitative estimate of drug-likeness (QED) is 0.516. The molecule has 0 bridgehead atoms. The third kappa shape index (κ3) is 7.00. The van der Waals surface area contributed by atoms with Crippen LogP contribution in [0.1, 0.15) is 21.5 Å². The number of nitrogens with one attached hydrogen (secondary N) is 1. The molecule has 2 rings (SSSR count). The van der Waals surface area contributed by atoms with Gasteiger partial charge in [0.1, 0.15) is 5.82 Å². The first-order chi connectivity index (χ1) is 12.1. The van der Waals surface area contributed by atoms with Crippen molar-refractivity contribution in [3.8, 4) is 0 Å². The molecular formula is C19H24ClFN2O3. The number of amides is 1. The summed E-state index contributed by atoms with van der Waals surface area (Å²) in [6.07, 6.45) is 0.695. The third-order valence-corrected chi connectivity index (χ3v) is 3.68. The number of halogens is 2. The van der Waals surface area contributed by atoms with Gasteiger partial charge in [0.2, 0.25) is 0 Å². The van der Waals surface area contributed by atoms with E-state index in [2.05, 4.69) is 5.32 Å². The van der Waals surface area contributed by atoms with Crippen LogP contribution in [0.15, 0.2) is 42.5 Å². The SMILES string of the molecule is COCCOCc1cc(C(=O)NCCc2ccc(N)cc2)ccc1F.Cl. The summed E-state index contributed by atoms with van der Waals surface area (Å²) in [5.41, 5.74) is 8.19. The first-order valence-corrected chi connectivity index (χ1v) is 8.08. The number of ether oxygens (including phenoxy) is 2. The zero-order chi connectivity index (χ0) is 18.1. The lowest BCUT2D eigenvalue weighted by Gasteiger charge is -2.09. The summed E-state index contributed by atoms with van der Waals surface area (Å²) >= 11 is 0. The summed E-state index contributed by atoms with van der Waals surface area (Å²) < 4.78 is 24.0. The molecule has 0 saturated carbocycles. The summed E-state index contributed by atoms with van der Waals surface area (Å²) in [5, 5.41) is 2.83. The molecule has 7 heteroatoms. The average Bonchev–Trinajstić information content (AvgIpc) is 2.61. The van der Waals surface area contributed by atoms with Crippen LogP contribution in [-0.2, 0) is 22.5 Å². The number of rotatable bonds is 9. The third-order valence-electron chi connectivity index (χ3n) is 3.68. The van der Waals surface area contributed by atoms with Gasteiger partial charge in [0.05, 0.1) is 19.8 Å². The molecule has 2 aromatic carbocycles. The van der Waals surface area contributed by atoms with Crippen molar-refractivity contribution >= 4 is 24.0 Å². The van der Waals surface area contributed by atoms with E-state index in [1.807, 2.05) is 24.3 Å². The Morgan fingerprint density at radius 2 is 1.88 bits per heavy atom. The second-order valence-electron chi connectivity index (χ2n) is 5.60. The minimum atomic E-state index is -0.393. The Kier molecular flexibility index (Phi) is 9.65. The van der Waals surface area contributed by atoms with Gasteiger partial charge in [0.25, 0.3) is 5.91 Å². The van der Waals surface area contributed by atoms with Crippen LogP contribution >= 0.6 is 12.4 Å². The van der Waals surface area contributed by atoms with Gasteiger partial charge in [-0.05, 0) is 42.3 Å². The highest BCUT2D eigenvalue weighted by molar-refractivity contribution is 5.94. The Hall–Kier alpha value is -2.15. The number of carbonyl (C=O) groups is 1. The number of hydrogen-bond donors (Lipinski definition) is 2. The molecule has 0 saturated heterocycles. The highest BCUT2D eigenvalue weighted by atomic mass is 35.5. The summed E-state index contributed by atoms with van der Waals surface area (Å²) in [7, 11) is 1.57.